The quantitative estimate of drug-likeness (QED) is 0.840. The van der Waals surface area contributed by atoms with Crippen molar-refractivity contribution in [3.63, 3.8) is 0 Å². The first kappa shape index (κ1) is 20.0. The average molecular weight is 398 g/mol. The SMILES string of the molecule is Cc1cc(C)n(CC2CN(C(=O)Nc3ccc(F)cc3OC(F)F)CCO2)n1. The Morgan fingerprint density at radius 2 is 2.18 bits per heavy atom. The monoisotopic (exact) mass is 398 g/mol. The first-order valence-electron chi connectivity index (χ1n) is 8.75. The van der Waals surface area contributed by atoms with Crippen molar-refractivity contribution in [1.82, 2.24) is 14.7 Å². The van der Waals surface area contributed by atoms with Gasteiger partial charge < -0.3 is 19.7 Å². The number of alkyl halides is 2. The predicted molar refractivity (Wildman–Crippen MR) is 95.1 cm³/mol. The van der Waals surface area contributed by atoms with E-state index >= 15 is 0 Å². The summed E-state index contributed by atoms with van der Waals surface area (Å²) in [6.45, 7) is 2.16. The average Bonchev–Trinajstić information content (AvgIpc) is 2.94. The zero-order chi connectivity index (χ0) is 20.3. The number of benzene rings is 1. The largest absolute Gasteiger partial charge is 0.432 e. The van der Waals surface area contributed by atoms with Crippen LogP contribution in [0.1, 0.15) is 11.4 Å². The number of halogens is 3. The van der Waals surface area contributed by atoms with Gasteiger partial charge in [0.05, 0.1) is 37.2 Å². The molecule has 1 N–H and O–H groups in total. The lowest BCUT2D eigenvalue weighted by Crippen LogP contribution is -2.48. The van der Waals surface area contributed by atoms with E-state index < -0.39 is 24.2 Å². The number of anilines is 1. The Bertz CT molecular complexity index is 843. The van der Waals surface area contributed by atoms with Crippen LogP contribution in [0.2, 0.25) is 0 Å². The van der Waals surface area contributed by atoms with Gasteiger partial charge in [0.2, 0.25) is 0 Å². The van der Waals surface area contributed by atoms with E-state index in [1.54, 1.807) is 0 Å². The lowest BCUT2D eigenvalue weighted by molar-refractivity contribution is -0.0495. The highest BCUT2D eigenvalue weighted by Gasteiger charge is 2.26. The molecule has 1 aromatic carbocycles. The summed E-state index contributed by atoms with van der Waals surface area (Å²) in [5.74, 6) is -1.18. The second-order valence-corrected chi connectivity index (χ2v) is 6.50. The van der Waals surface area contributed by atoms with E-state index in [1.807, 2.05) is 24.6 Å². The van der Waals surface area contributed by atoms with Crippen LogP contribution in [0.25, 0.3) is 0 Å². The zero-order valence-electron chi connectivity index (χ0n) is 15.5. The number of aromatic nitrogens is 2. The standard InChI is InChI=1S/C18H21F3N4O3/c1-11-7-12(2)25(23-11)10-14-9-24(5-6-27-14)18(26)22-15-4-3-13(19)8-16(15)28-17(20)21/h3-4,7-8,14,17H,5-6,9-10H2,1-2H3,(H,22,26). The Morgan fingerprint density at radius 3 is 2.86 bits per heavy atom. The van der Waals surface area contributed by atoms with E-state index in [9.17, 15) is 18.0 Å². The fourth-order valence-corrected chi connectivity index (χ4v) is 3.05. The molecular formula is C18H21F3N4O3. The van der Waals surface area contributed by atoms with Crippen molar-refractivity contribution in [2.24, 2.45) is 0 Å². The molecule has 2 aromatic rings. The second kappa shape index (κ2) is 8.51. The van der Waals surface area contributed by atoms with Gasteiger partial charge in [-0.15, -0.1) is 0 Å². The molecule has 0 saturated carbocycles. The van der Waals surface area contributed by atoms with Crippen molar-refractivity contribution in [3.05, 3.63) is 41.5 Å². The van der Waals surface area contributed by atoms with Gasteiger partial charge in [0.1, 0.15) is 5.82 Å². The van der Waals surface area contributed by atoms with Gasteiger partial charge in [-0.2, -0.15) is 13.9 Å². The third-order valence-electron chi connectivity index (χ3n) is 4.31. The molecule has 28 heavy (non-hydrogen) atoms. The van der Waals surface area contributed by atoms with Crippen LogP contribution in [-0.4, -0.2) is 53.1 Å². The summed E-state index contributed by atoms with van der Waals surface area (Å²) in [7, 11) is 0. The van der Waals surface area contributed by atoms with Gasteiger partial charge in [0, 0.05) is 18.3 Å². The van der Waals surface area contributed by atoms with Crippen LogP contribution in [0.4, 0.5) is 23.7 Å². The number of nitrogens with zero attached hydrogens (tertiary/aromatic N) is 3. The first-order valence-corrected chi connectivity index (χ1v) is 8.75. The number of hydrogen-bond donors (Lipinski definition) is 1. The Hall–Kier alpha value is -2.75. The summed E-state index contributed by atoms with van der Waals surface area (Å²) < 4.78 is 50.2. The molecule has 1 aromatic heterocycles. The van der Waals surface area contributed by atoms with Gasteiger partial charge in [-0.05, 0) is 32.0 Å². The zero-order valence-corrected chi connectivity index (χ0v) is 15.5. The number of ether oxygens (including phenoxy) is 2. The maximum atomic E-state index is 13.3. The number of carbonyl (C=O) groups is 1. The molecule has 1 aliphatic rings. The third-order valence-corrected chi connectivity index (χ3v) is 4.31. The smallest absolute Gasteiger partial charge is 0.387 e. The van der Waals surface area contributed by atoms with E-state index in [0.29, 0.717) is 26.2 Å². The molecule has 3 rings (SSSR count). The molecule has 0 aliphatic carbocycles. The molecule has 7 nitrogen and oxygen atoms in total. The molecule has 1 fully saturated rings. The fraction of sp³-hybridized carbons (Fsp3) is 0.444. The van der Waals surface area contributed by atoms with Gasteiger partial charge in [-0.1, -0.05) is 0 Å². The molecular weight excluding hydrogens is 377 g/mol. The van der Waals surface area contributed by atoms with Crippen LogP contribution in [-0.2, 0) is 11.3 Å². The third kappa shape index (κ3) is 4.94. The number of urea groups is 1. The maximum absolute atomic E-state index is 13.3. The van der Waals surface area contributed by atoms with E-state index in [-0.39, 0.29) is 11.8 Å². The minimum Gasteiger partial charge on any atom is -0.432 e. The molecule has 0 spiro atoms. The number of carbonyl (C=O) groups excluding carboxylic acids is 1. The Morgan fingerprint density at radius 1 is 1.39 bits per heavy atom. The topological polar surface area (TPSA) is 68.6 Å². The van der Waals surface area contributed by atoms with Gasteiger partial charge >= 0.3 is 12.6 Å². The summed E-state index contributed by atoms with van der Waals surface area (Å²) in [5, 5.41) is 6.88. The molecule has 152 valence electrons. The van der Waals surface area contributed by atoms with Crippen LogP contribution >= 0.6 is 0 Å². The van der Waals surface area contributed by atoms with Crippen molar-refractivity contribution >= 4 is 11.7 Å². The summed E-state index contributed by atoms with van der Waals surface area (Å²) in [4.78, 5) is 14.1. The van der Waals surface area contributed by atoms with Crippen LogP contribution < -0.4 is 10.1 Å². The van der Waals surface area contributed by atoms with Crippen molar-refractivity contribution in [2.45, 2.75) is 33.1 Å². The van der Waals surface area contributed by atoms with Crippen molar-refractivity contribution in [1.29, 1.82) is 0 Å². The second-order valence-electron chi connectivity index (χ2n) is 6.50. The van der Waals surface area contributed by atoms with Gasteiger partial charge in [-0.3, -0.25) is 4.68 Å². The van der Waals surface area contributed by atoms with Gasteiger partial charge in [0.15, 0.2) is 5.75 Å². The number of hydrogen-bond acceptors (Lipinski definition) is 4. The first-order chi connectivity index (χ1) is 13.3. The molecule has 2 amide bonds. The normalized spacial score (nSPS) is 17.1. The molecule has 1 saturated heterocycles. The minimum atomic E-state index is -3.13. The predicted octanol–water partition coefficient (Wildman–Crippen LogP) is 3.17. The minimum absolute atomic E-state index is 0.0340. The fourth-order valence-electron chi connectivity index (χ4n) is 3.05. The van der Waals surface area contributed by atoms with Gasteiger partial charge in [-0.25, -0.2) is 9.18 Å². The van der Waals surface area contributed by atoms with Crippen LogP contribution in [0.15, 0.2) is 24.3 Å². The molecule has 1 unspecified atom stereocenters. The van der Waals surface area contributed by atoms with Crippen molar-refractivity contribution < 1.29 is 27.4 Å². The highest BCUT2D eigenvalue weighted by atomic mass is 19.3. The van der Waals surface area contributed by atoms with E-state index in [4.69, 9.17) is 4.74 Å². The Labute approximate surface area is 160 Å². The molecule has 1 atom stereocenters. The molecule has 0 bridgehead atoms. The summed E-state index contributed by atoms with van der Waals surface area (Å²) in [6, 6.07) is 4.48. The Kier molecular flexibility index (Phi) is 6.08. The number of aryl methyl sites for hydroxylation is 2. The van der Waals surface area contributed by atoms with E-state index in [0.717, 1.165) is 23.5 Å². The number of amides is 2. The number of rotatable bonds is 5. The van der Waals surface area contributed by atoms with E-state index in [2.05, 4.69) is 15.2 Å². The Balaban J connectivity index is 1.65. The molecule has 1 aliphatic heterocycles. The lowest BCUT2D eigenvalue weighted by Gasteiger charge is -2.33. The molecule has 10 heteroatoms. The van der Waals surface area contributed by atoms with Crippen LogP contribution in [0.3, 0.4) is 0 Å². The van der Waals surface area contributed by atoms with Crippen LogP contribution in [0.5, 0.6) is 5.75 Å². The number of morpholine rings is 1. The van der Waals surface area contributed by atoms with E-state index in [1.165, 1.54) is 11.0 Å². The summed E-state index contributed by atoms with van der Waals surface area (Å²) in [5.41, 5.74) is 1.85. The maximum Gasteiger partial charge on any atom is 0.387 e. The summed E-state index contributed by atoms with van der Waals surface area (Å²) in [6.07, 6.45) is -0.262. The molecule has 0 radical (unpaired) electrons. The van der Waals surface area contributed by atoms with Crippen molar-refractivity contribution in [3.8, 4) is 5.75 Å². The van der Waals surface area contributed by atoms with Crippen molar-refractivity contribution in [2.75, 3.05) is 25.0 Å². The molecule has 2 heterocycles. The van der Waals surface area contributed by atoms with Crippen LogP contribution in [0, 0.1) is 19.7 Å². The number of nitrogens with one attached hydrogen (secondary N) is 1. The lowest BCUT2D eigenvalue weighted by atomic mass is 10.2. The van der Waals surface area contributed by atoms with Gasteiger partial charge in [0.25, 0.3) is 0 Å². The highest BCUT2D eigenvalue weighted by Crippen LogP contribution is 2.27. The summed E-state index contributed by atoms with van der Waals surface area (Å²) >= 11 is 0. The highest BCUT2D eigenvalue weighted by molar-refractivity contribution is 5.91.